The third kappa shape index (κ3) is 4.31. The summed E-state index contributed by atoms with van der Waals surface area (Å²) in [5, 5.41) is 18.2. The Bertz CT molecular complexity index is 909. The first-order valence-corrected chi connectivity index (χ1v) is 11.0. The fourth-order valence-corrected chi connectivity index (χ4v) is 4.69. The van der Waals surface area contributed by atoms with Gasteiger partial charge in [-0.1, -0.05) is 18.2 Å². The molecule has 1 saturated heterocycles. The standard InChI is InChI=1S/C24H29NO6/c26-23(27)7-10-25-11-8-24(9-12-25)16-30-22-13-17(5-6-19(22)24)28-14-18-15-29-20-3-1-2-4-21(20)31-18/h1-6,13,18,23,26-27H,7-12,14-16H2. The lowest BCUT2D eigenvalue weighted by Gasteiger charge is -2.38. The summed E-state index contributed by atoms with van der Waals surface area (Å²) in [7, 11) is 0. The molecule has 3 aliphatic rings. The van der Waals surface area contributed by atoms with Gasteiger partial charge in [-0.3, -0.25) is 0 Å². The van der Waals surface area contributed by atoms with Crippen LogP contribution in [0.3, 0.4) is 0 Å². The molecule has 31 heavy (non-hydrogen) atoms. The number of likely N-dealkylation sites (tertiary alicyclic amines) is 1. The van der Waals surface area contributed by atoms with Crippen LogP contribution >= 0.6 is 0 Å². The number of benzene rings is 2. The first kappa shape index (κ1) is 20.4. The van der Waals surface area contributed by atoms with E-state index >= 15 is 0 Å². The van der Waals surface area contributed by atoms with E-state index in [9.17, 15) is 0 Å². The predicted octanol–water partition coefficient (Wildman–Crippen LogP) is 2.33. The second-order valence-electron chi connectivity index (χ2n) is 8.65. The van der Waals surface area contributed by atoms with Crippen LogP contribution in [0.25, 0.3) is 0 Å². The van der Waals surface area contributed by atoms with E-state index in [0.717, 1.165) is 48.9 Å². The van der Waals surface area contributed by atoms with E-state index in [1.807, 2.05) is 36.4 Å². The summed E-state index contributed by atoms with van der Waals surface area (Å²) >= 11 is 0. The van der Waals surface area contributed by atoms with Crippen molar-refractivity contribution in [2.45, 2.75) is 37.1 Å². The van der Waals surface area contributed by atoms with Crippen molar-refractivity contribution in [3.05, 3.63) is 48.0 Å². The number of rotatable bonds is 6. The van der Waals surface area contributed by atoms with Gasteiger partial charge in [0.2, 0.25) is 0 Å². The first-order valence-electron chi connectivity index (χ1n) is 11.0. The zero-order valence-electron chi connectivity index (χ0n) is 17.5. The zero-order chi connectivity index (χ0) is 21.3. The van der Waals surface area contributed by atoms with E-state index in [1.165, 1.54) is 5.56 Å². The maximum Gasteiger partial charge on any atom is 0.166 e. The molecule has 7 heteroatoms. The topological polar surface area (TPSA) is 80.6 Å². The quantitative estimate of drug-likeness (QED) is 0.685. The minimum absolute atomic E-state index is 0.0478. The lowest BCUT2D eigenvalue weighted by Crippen LogP contribution is -2.44. The Kier molecular flexibility index (Phi) is 5.65. The maximum absolute atomic E-state index is 9.10. The van der Waals surface area contributed by atoms with Crippen LogP contribution in [0.2, 0.25) is 0 Å². The summed E-state index contributed by atoms with van der Waals surface area (Å²) in [6.45, 7) is 4.15. The minimum atomic E-state index is -1.23. The van der Waals surface area contributed by atoms with Gasteiger partial charge in [-0.05, 0) is 44.1 Å². The third-order valence-corrected chi connectivity index (χ3v) is 6.55. The Morgan fingerprint density at radius 3 is 2.65 bits per heavy atom. The van der Waals surface area contributed by atoms with Gasteiger partial charge < -0.3 is 34.1 Å². The molecule has 1 atom stereocenters. The van der Waals surface area contributed by atoms with Crippen molar-refractivity contribution >= 4 is 0 Å². The smallest absolute Gasteiger partial charge is 0.166 e. The number of aliphatic hydroxyl groups is 2. The van der Waals surface area contributed by atoms with Crippen molar-refractivity contribution in [1.29, 1.82) is 0 Å². The highest BCUT2D eigenvalue weighted by Gasteiger charge is 2.43. The van der Waals surface area contributed by atoms with Gasteiger partial charge in [0.15, 0.2) is 23.9 Å². The molecule has 0 saturated carbocycles. The normalized spacial score (nSPS) is 21.7. The molecule has 7 nitrogen and oxygen atoms in total. The second kappa shape index (κ2) is 8.57. The molecule has 3 aliphatic heterocycles. The number of aliphatic hydroxyl groups excluding tert-OH is 1. The minimum Gasteiger partial charge on any atom is -0.492 e. The molecular formula is C24H29NO6. The van der Waals surface area contributed by atoms with E-state index in [0.29, 0.717) is 32.8 Å². The number of hydrogen-bond donors (Lipinski definition) is 2. The Labute approximate surface area is 182 Å². The summed E-state index contributed by atoms with van der Waals surface area (Å²) in [4.78, 5) is 2.30. The van der Waals surface area contributed by atoms with Crippen LogP contribution in [-0.2, 0) is 5.41 Å². The summed E-state index contributed by atoms with van der Waals surface area (Å²) in [5.41, 5.74) is 1.31. The molecular weight excluding hydrogens is 398 g/mol. The van der Waals surface area contributed by atoms with Gasteiger partial charge in [-0.2, -0.15) is 0 Å². The number of piperidine rings is 1. The van der Waals surface area contributed by atoms with Crippen molar-refractivity contribution in [2.24, 2.45) is 0 Å². The molecule has 0 radical (unpaired) electrons. The van der Waals surface area contributed by atoms with Crippen LogP contribution in [0.15, 0.2) is 42.5 Å². The number of fused-ring (bicyclic) bond motifs is 3. The Hall–Kier alpha value is -2.48. The van der Waals surface area contributed by atoms with Crippen molar-refractivity contribution in [1.82, 2.24) is 4.90 Å². The lowest BCUT2D eigenvalue weighted by molar-refractivity contribution is -0.0520. The van der Waals surface area contributed by atoms with Gasteiger partial charge in [0, 0.05) is 30.0 Å². The van der Waals surface area contributed by atoms with E-state index in [1.54, 1.807) is 0 Å². The van der Waals surface area contributed by atoms with Gasteiger partial charge in [0.25, 0.3) is 0 Å². The Morgan fingerprint density at radius 2 is 1.84 bits per heavy atom. The molecule has 3 heterocycles. The summed E-state index contributed by atoms with van der Waals surface area (Å²) in [6.07, 6.45) is 1.02. The average Bonchev–Trinajstić information content (AvgIpc) is 3.14. The summed E-state index contributed by atoms with van der Waals surface area (Å²) in [6, 6.07) is 13.8. The zero-order valence-corrected chi connectivity index (χ0v) is 17.5. The van der Waals surface area contributed by atoms with Crippen LogP contribution in [-0.4, -0.2) is 67.0 Å². The van der Waals surface area contributed by atoms with Crippen LogP contribution < -0.4 is 18.9 Å². The van der Waals surface area contributed by atoms with Crippen molar-refractivity contribution < 1.29 is 29.2 Å². The van der Waals surface area contributed by atoms with Crippen molar-refractivity contribution in [3.63, 3.8) is 0 Å². The Morgan fingerprint density at radius 1 is 1.03 bits per heavy atom. The summed E-state index contributed by atoms with van der Waals surface area (Å²) in [5.74, 6) is 3.20. The van der Waals surface area contributed by atoms with E-state index in [2.05, 4.69) is 11.0 Å². The average molecular weight is 427 g/mol. The highest BCUT2D eigenvalue weighted by atomic mass is 16.6. The number of ether oxygens (including phenoxy) is 4. The van der Waals surface area contributed by atoms with Crippen LogP contribution in [0.5, 0.6) is 23.0 Å². The summed E-state index contributed by atoms with van der Waals surface area (Å²) < 4.78 is 23.8. The largest absolute Gasteiger partial charge is 0.492 e. The van der Waals surface area contributed by atoms with Gasteiger partial charge in [0.05, 0.1) is 6.61 Å². The van der Waals surface area contributed by atoms with Gasteiger partial charge >= 0.3 is 0 Å². The van der Waals surface area contributed by atoms with Gasteiger partial charge in [-0.25, -0.2) is 0 Å². The predicted molar refractivity (Wildman–Crippen MR) is 114 cm³/mol. The molecule has 2 N–H and O–H groups in total. The van der Waals surface area contributed by atoms with Gasteiger partial charge in [0.1, 0.15) is 24.7 Å². The second-order valence-corrected chi connectivity index (χ2v) is 8.65. The maximum atomic E-state index is 9.10. The fraction of sp³-hybridized carbons (Fsp3) is 0.500. The molecule has 1 fully saturated rings. The monoisotopic (exact) mass is 427 g/mol. The molecule has 2 aromatic rings. The van der Waals surface area contributed by atoms with Crippen molar-refractivity contribution in [2.75, 3.05) is 39.5 Å². The molecule has 2 aromatic carbocycles. The molecule has 0 aliphatic carbocycles. The molecule has 166 valence electrons. The third-order valence-electron chi connectivity index (χ3n) is 6.55. The number of hydrogen-bond acceptors (Lipinski definition) is 7. The van der Waals surface area contributed by atoms with Crippen molar-refractivity contribution in [3.8, 4) is 23.0 Å². The van der Waals surface area contributed by atoms with E-state index in [4.69, 9.17) is 29.2 Å². The molecule has 0 aromatic heterocycles. The highest BCUT2D eigenvalue weighted by molar-refractivity contribution is 5.48. The van der Waals surface area contributed by atoms with Crippen LogP contribution in [0, 0.1) is 0 Å². The number of nitrogens with zero attached hydrogens (tertiary/aromatic N) is 1. The van der Waals surface area contributed by atoms with Crippen LogP contribution in [0.4, 0.5) is 0 Å². The van der Waals surface area contributed by atoms with Crippen LogP contribution in [0.1, 0.15) is 24.8 Å². The SMILES string of the molecule is OC(O)CCN1CCC2(CC1)COc1cc(OCC3COc4ccccc4O3)ccc12. The lowest BCUT2D eigenvalue weighted by atomic mass is 9.74. The van der Waals surface area contributed by atoms with Gasteiger partial charge in [-0.15, -0.1) is 0 Å². The van der Waals surface area contributed by atoms with E-state index < -0.39 is 6.29 Å². The highest BCUT2D eigenvalue weighted by Crippen LogP contribution is 2.46. The molecule has 0 bridgehead atoms. The fourth-order valence-electron chi connectivity index (χ4n) is 4.69. The Balaban J connectivity index is 1.18. The first-order chi connectivity index (χ1) is 15.1. The molecule has 1 unspecified atom stereocenters. The molecule has 1 spiro atoms. The molecule has 0 amide bonds. The molecule has 5 rings (SSSR count). The van der Waals surface area contributed by atoms with E-state index in [-0.39, 0.29) is 11.5 Å². The number of para-hydroxylation sites is 2.